The minimum Gasteiger partial charge on any atom is -0.479 e. The molecule has 1 amide bonds. The highest BCUT2D eigenvalue weighted by atomic mass is 16.6. The van der Waals surface area contributed by atoms with Crippen molar-refractivity contribution in [3.05, 3.63) is 29.8 Å². The van der Waals surface area contributed by atoms with Crippen LogP contribution < -0.4 is 10.1 Å². The van der Waals surface area contributed by atoms with Crippen LogP contribution in [0, 0.1) is 11.3 Å². The third-order valence-electron chi connectivity index (χ3n) is 2.55. The number of nitriles is 1. The summed E-state index contributed by atoms with van der Waals surface area (Å²) >= 11 is 0. The molecule has 1 N–H and O–H groups in total. The number of carbonyl (C=O) groups is 2. The molecule has 0 saturated carbocycles. The van der Waals surface area contributed by atoms with Crippen molar-refractivity contribution < 1.29 is 19.1 Å². The molecule has 6 nitrogen and oxygen atoms in total. The van der Waals surface area contributed by atoms with Gasteiger partial charge < -0.3 is 14.8 Å². The maximum atomic E-state index is 11.7. The zero-order valence-electron chi connectivity index (χ0n) is 12.1. The highest BCUT2D eigenvalue weighted by Crippen LogP contribution is 2.13. The van der Waals surface area contributed by atoms with E-state index < -0.39 is 12.1 Å². The molecule has 0 radical (unpaired) electrons. The Morgan fingerprint density at radius 3 is 2.57 bits per heavy atom. The zero-order chi connectivity index (χ0) is 15.7. The maximum absolute atomic E-state index is 11.7. The number of carbonyl (C=O) groups excluding carboxylic acids is 2. The Morgan fingerprint density at radius 1 is 1.33 bits per heavy atom. The number of ether oxygens (including phenoxy) is 2. The van der Waals surface area contributed by atoms with Crippen molar-refractivity contribution in [2.24, 2.45) is 0 Å². The van der Waals surface area contributed by atoms with Crippen molar-refractivity contribution >= 4 is 11.9 Å². The van der Waals surface area contributed by atoms with Gasteiger partial charge >= 0.3 is 5.97 Å². The molecule has 1 aromatic rings. The van der Waals surface area contributed by atoms with Crippen molar-refractivity contribution in [2.45, 2.75) is 26.4 Å². The molecule has 0 aliphatic rings. The number of esters is 1. The first-order chi connectivity index (χ1) is 10.1. The third kappa shape index (κ3) is 5.95. The fourth-order valence-electron chi connectivity index (χ4n) is 1.43. The number of nitrogens with one attached hydrogen (secondary N) is 1. The fourth-order valence-corrected chi connectivity index (χ4v) is 1.43. The molecular weight excluding hydrogens is 272 g/mol. The molecule has 0 aliphatic heterocycles. The monoisotopic (exact) mass is 290 g/mol. The van der Waals surface area contributed by atoms with Crippen molar-refractivity contribution in [1.82, 2.24) is 5.32 Å². The van der Waals surface area contributed by atoms with Crippen LogP contribution in [0.5, 0.6) is 5.75 Å². The van der Waals surface area contributed by atoms with E-state index in [1.807, 2.05) is 13.0 Å². The van der Waals surface area contributed by atoms with E-state index in [2.05, 4.69) is 5.32 Å². The minimum absolute atomic E-state index is 0.320. The van der Waals surface area contributed by atoms with Gasteiger partial charge in [0.15, 0.2) is 12.7 Å². The lowest BCUT2D eigenvalue weighted by atomic mass is 10.2. The molecule has 0 fully saturated rings. The van der Waals surface area contributed by atoms with Crippen LogP contribution in [0.15, 0.2) is 24.3 Å². The SMILES string of the molecule is CCCNC(=O)COC(=O)[C@@H](C)Oc1ccc(C#N)cc1. The number of hydrogen-bond donors (Lipinski definition) is 1. The van der Waals surface area contributed by atoms with E-state index >= 15 is 0 Å². The number of rotatable bonds is 7. The summed E-state index contributed by atoms with van der Waals surface area (Å²) in [6, 6.07) is 8.35. The molecule has 6 heteroatoms. The summed E-state index contributed by atoms with van der Waals surface area (Å²) in [4.78, 5) is 23.0. The summed E-state index contributed by atoms with van der Waals surface area (Å²) in [5, 5.41) is 11.3. The summed E-state index contributed by atoms with van der Waals surface area (Å²) in [6.07, 6.45) is -0.0188. The molecule has 0 aromatic heterocycles. The van der Waals surface area contributed by atoms with Gasteiger partial charge in [-0.1, -0.05) is 6.92 Å². The summed E-state index contributed by atoms with van der Waals surface area (Å²) in [5.74, 6) is -0.504. The molecule has 21 heavy (non-hydrogen) atoms. The number of benzene rings is 1. The molecule has 112 valence electrons. The fraction of sp³-hybridized carbons (Fsp3) is 0.400. The molecular formula is C15H18N2O4. The number of nitrogens with zero attached hydrogens (tertiary/aromatic N) is 1. The van der Waals surface area contributed by atoms with E-state index in [0.29, 0.717) is 17.9 Å². The van der Waals surface area contributed by atoms with Crippen LogP contribution in [-0.2, 0) is 14.3 Å². The van der Waals surface area contributed by atoms with Gasteiger partial charge in [0.1, 0.15) is 5.75 Å². The second-order valence-corrected chi connectivity index (χ2v) is 4.35. The normalized spacial score (nSPS) is 11.1. The first-order valence-electron chi connectivity index (χ1n) is 6.67. The van der Waals surface area contributed by atoms with Gasteiger partial charge in [-0.3, -0.25) is 4.79 Å². The van der Waals surface area contributed by atoms with Crippen LogP contribution in [0.2, 0.25) is 0 Å². The topological polar surface area (TPSA) is 88.4 Å². The lowest BCUT2D eigenvalue weighted by Gasteiger charge is -2.13. The predicted molar refractivity (Wildman–Crippen MR) is 75.5 cm³/mol. The summed E-state index contributed by atoms with van der Waals surface area (Å²) < 4.78 is 10.2. The standard InChI is InChI=1S/C15H18N2O4/c1-3-8-17-14(18)10-20-15(19)11(2)21-13-6-4-12(9-16)5-7-13/h4-7,11H,3,8,10H2,1-2H3,(H,17,18)/t11-/m1/s1. The van der Waals surface area contributed by atoms with Gasteiger partial charge in [-0.05, 0) is 37.6 Å². The maximum Gasteiger partial charge on any atom is 0.347 e. The highest BCUT2D eigenvalue weighted by Gasteiger charge is 2.17. The van der Waals surface area contributed by atoms with Gasteiger partial charge in [0, 0.05) is 6.54 Å². The first kappa shape index (κ1) is 16.5. The molecule has 1 aromatic carbocycles. The molecule has 0 spiro atoms. The largest absolute Gasteiger partial charge is 0.479 e. The van der Waals surface area contributed by atoms with E-state index in [0.717, 1.165) is 6.42 Å². The second-order valence-electron chi connectivity index (χ2n) is 4.35. The molecule has 0 aliphatic carbocycles. The van der Waals surface area contributed by atoms with Gasteiger partial charge in [-0.15, -0.1) is 0 Å². The quantitative estimate of drug-likeness (QED) is 0.767. The smallest absolute Gasteiger partial charge is 0.347 e. The van der Waals surface area contributed by atoms with Crippen molar-refractivity contribution in [3.63, 3.8) is 0 Å². The van der Waals surface area contributed by atoms with Crippen LogP contribution in [0.3, 0.4) is 0 Å². The molecule has 0 unspecified atom stereocenters. The summed E-state index contributed by atoms with van der Waals surface area (Å²) in [5.41, 5.74) is 0.505. The predicted octanol–water partition coefficient (Wildman–Crippen LogP) is 1.39. The lowest BCUT2D eigenvalue weighted by Crippen LogP contribution is -2.33. The van der Waals surface area contributed by atoms with Crippen molar-refractivity contribution in [2.75, 3.05) is 13.2 Å². The number of amides is 1. The summed E-state index contributed by atoms with van der Waals surface area (Å²) in [7, 11) is 0. The van der Waals surface area contributed by atoms with Gasteiger partial charge in [0.05, 0.1) is 11.6 Å². The van der Waals surface area contributed by atoms with Crippen LogP contribution in [0.25, 0.3) is 0 Å². The highest BCUT2D eigenvalue weighted by molar-refractivity contribution is 5.81. The molecule has 1 atom stereocenters. The zero-order valence-corrected chi connectivity index (χ0v) is 12.1. The van der Waals surface area contributed by atoms with E-state index in [1.165, 1.54) is 6.92 Å². The Labute approximate surface area is 123 Å². The van der Waals surface area contributed by atoms with Gasteiger partial charge in [0.25, 0.3) is 5.91 Å². The van der Waals surface area contributed by atoms with Crippen molar-refractivity contribution in [1.29, 1.82) is 5.26 Å². The van der Waals surface area contributed by atoms with Gasteiger partial charge in [0.2, 0.25) is 0 Å². The van der Waals surface area contributed by atoms with Crippen molar-refractivity contribution in [3.8, 4) is 11.8 Å². The van der Waals surface area contributed by atoms with Gasteiger partial charge in [-0.2, -0.15) is 5.26 Å². The van der Waals surface area contributed by atoms with Crippen LogP contribution in [-0.4, -0.2) is 31.1 Å². The van der Waals surface area contributed by atoms with Crippen LogP contribution >= 0.6 is 0 Å². The lowest BCUT2D eigenvalue weighted by molar-refractivity contribution is -0.154. The van der Waals surface area contributed by atoms with Crippen LogP contribution in [0.4, 0.5) is 0 Å². The molecule has 0 bridgehead atoms. The third-order valence-corrected chi connectivity index (χ3v) is 2.55. The molecule has 1 rings (SSSR count). The van der Waals surface area contributed by atoms with Gasteiger partial charge in [-0.25, -0.2) is 4.79 Å². The molecule has 0 saturated heterocycles. The number of hydrogen-bond acceptors (Lipinski definition) is 5. The van der Waals surface area contributed by atoms with E-state index in [-0.39, 0.29) is 12.5 Å². The Bertz CT molecular complexity index is 519. The second kappa shape index (κ2) is 8.59. The average Bonchev–Trinajstić information content (AvgIpc) is 2.51. The summed E-state index contributed by atoms with van der Waals surface area (Å²) in [6.45, 7) is 3.69. The van der Waals surface area contributed by atoms with Crippen LogP contribution in [0.1, 0.15) is 25.8 Å². The van der Waals surface area contributed by atoms with E-state index in [4.69, 9.17) is 14.7 Å². The Kier molecular flexibility index (Phi) is 6.75. The average molecular weight is 290 g/mol. The Balaban J connectivity index is 2.40. The molecule has 0 heterocycles. The van der Waals surface area contributed by atoms with E-state index in [9.17, 15) is 9.59 Å². The Hall–Kier alpha value is -2.55. The minimum atomic E-state index is -0.836. The van der Waals surface area contributed by atoms with E-state index in [1.54, 1.807) is 24.3 Å². The first-order valence-corrected chi connectivity index (χ1v) is 6.67. The Morgan fingerprint density at radius 2 is 2.00 bits per heavy atom.